The van der Waals surface area contributed by atoms with Gasteiger partial charge in [-0.3, -0.25) is 0 Å². The van der Waals surface area contributed by atoms with Crippen LogP contribution in [0, 0.1) is 0 Å². The van der Waals surface area contributed by atoms with Crippen LogP contribution in [0.25, 0.3) is 0 Å². The molecule has 1 aliphatic rings. The quantitative estimate of drug-likeness (QED) is 0.529. The van der Waals surface area contributed by atoms with Gasteiger partial charge in [-0.1, -0.05) is 6.07 Å². The highest BCUT2D eigenvalue weighted by Crippen LogP contribution is 2.28. The third-order valence-electron chi connectivity index (χ3n) is 4.72. The molecule has 2 aromatic heterocycles. The van der Waals surface area contributed by atoms with E-state index in [9.17, 15) is 18.0 Å². The number of nitrogens with zero attached hydrogens (tertiary/aromatic N) is 6. The summed E-state index contributed by atoms with van der Waals surface area (Å²) in [6.45, 7) is 1.80. The number of benzene rings is 1. The van der Waals surface area contributed by atoms with Gasteiger partial charge in [0.25, 0.3) is 5.88 Å². The molecule has 1 aromatic carbocycles. The van der Waals surface area contributed by atoms with Crippen molar-refractivity contribution in [2.45, 2.75) is 13.0 Å². The van der Waals surface area contributed by atoms with Crippen LogP contribution in [-0.2, 0) is 6.61 Å². The molecule has 0 unspecified atom stereocenters. The molecule has 0 bridgehead atoms. The van der Waals surface area contributed by atoms with Gasteiger partial charge in [-0.25, -0.2) is 14.8 Å². The van der Waals surface area contributed by atoms with Crippen LogP contribution in [0.5, 0.6) is 11.6 Å². The van der Waals surface area contributed by atoms with Crippen molar-refractivity contribution >= 4 is 35.2 Å². The second-order valence-electron chi connectivity index (χ2n) is 7.07. The molecule has 11 nitrogen and oxygen atoms in total. The molecule has 180 valence electrons. The van der Waals surface area contributed by atoms with Crippen LogP contribution in [0.1, 0.15) is 5.69 Å². The Kier molecular flexibility index (Phi) is 6.81. The van der Waals surface area contributed by atoms with Crippen molar-refractivity contribution in [2.24, 2.45) is 0 Å². The molecule has 0 saturated carbocycles. The maximum Gasteiger partial charge on any atom is 0.573 e. The van der Waals surface area contributed by atoms with E-state index in [1.54, 1.807) is 11.0 Å². The minimum absolute atomic E-state index is 0.143. The van der Waals surface area contributed by atoms with E-state index in [1.165, 1.54) is 18.3 Å². The smallest absolute Gasteiger partial charge is 0.468 e. The minimum atomic E-state index is -4.81. The van der Waals surface area contributed by atoms with Crippen molar-refractivity contribution in [2.75, 3.05) is 42.1 Å². The third kappa shape index (κ3) is 6.12. The Labute approximate surface area is 195 Å². The third-order valence-corrected chi connectivity index (χ3v) is 5.22. The molecule has 3 heterocycles. The number of rotatable bonds is 6. The van der Waals surface area contributed by atoms with Crippen molar-refractivity contribution in [3.05, 3.63) is 42.2 Å². The topological polar surface area (TPSA) is 132 Å². The number of nitrogen functional groups attached to an aromatic ring is 1. The summed E-state index contributed by atoms with van der Waals surface area (Å²) in [6, 6.07) is 6.35. The summed E-state index contributed by atoms with van der Waals surface area (Å²) < 4.78 is 55.3. The zero-order valence-corrected chi connectivity index (χ0v) is 18.3. The van der Waals surface area contributed by atoms with Crippen LogP contribution in [-0.4, -0.2) is 62.2 Å². The number of alkyl halides is 3. The van der Waals surface area contributed by atoms with E-state index >= 15 is 0 Å². The average Bonchev–Trinajstić information content (AvgIpc) is 3.26. The molecule has 15 heteroatoms. The molecule has 2 amide bonds. The summed E-state index contributed by atoms with van der Waals surface area (Å²) in [6.07, 6.45) is -3.28. The molecule has 0 aliphatic carbocycles. The van der Waals surface area contributed by atoms with Gasteiger partial charge >= 0.3 is 12.4 Å². The van der Waals surface area contributed by atoms with Crippen molar-refractivity contribution in [1.82, 2.24) is 23.6 Å². The van der Waals surface area contributed by atoms with Crippen LogP contribution in [0.2, 0.25) is 0 Å². The van der Waals surface area contributed by atoms with E-state index in [0.29, 0.717) is 43.6 Å². The van der Waals surface area contributed by atoms with Gasteiger partial charge in [0.1, 0.15) is 12.4 Å². The summed E-state index contributed by atoms with van der Waals surface area (Å²) in [4.78, 5) is 24.0. The maximum atomic E-state index is 12.6. The predicted molar refractivity (Wildman–Crippen MR) is 117 cm³/mol. The molecule has 1 aliphatic heterocycles. The highest BCUT2D eigenvalue weighted by molar-refractivity contribution is 6.99. The number of halogens is 3. The lowest BCUT2D eigenvalue weighted by Crippen LogP contribution is -2.50. The Morgan fingerprint density at radius 1 is 1.18 bits per heavy atom. The lowest BCUT2D eigenvalue weighted by atomic mass is 10.3. The summed E-state index contributed by atoms with van der Waals surface area (Å²) in [5, 5.41) is 2.59. The van der Waals surface area contributed by atoms with E-state index in [4.69, 9.17) is 10.5 Å². The van der Waals surface area contributed by atoms with Gasteiger partial charge in [0.2, 0.25) is 11.8 Å². The van der Waals surface area contributed by atoms with Crippen molar-refractivity contribution in [3.63, 3.8) is 0 Å². The van der Waals surface area contributed by atoms with Crippen LogP contribution < -0.4 is 25.4 Å². The fourth-order valence-electron chi connectivity index (χ4n) is 3.19. The number of amides is 2. The van der Waals surface area contributed by atoms with E-state index in [-0.39, 0.29) is 18.2 Å². The zero-order valence-electron chi connectivity index (χ0n) is 17.5. The number of ether oxygens (including phenoxy) is 2. The van der Waals surface area contributed by atoms with Crippen LogP contribution >= 0.6 is 11.7 Å². The van der Waals surface area contributed by atoms with Crippen LogP contribution in [0.3, 0.4) is 0 Å². The van der Waals surface area contributed by atoms with Gasteiger partial charge in [0.15, 0.2) is 0 Å². The molecule has 0 atom stereocenters. The standard InChI is InChI=1S/C19H19F3N8O3S/c20-19(21,22)33-14-3-1-2-12(10-14)26-18(31)30-8-6-29(7-9-30)15-16(28-34-27-15)32-11-13-4-5-24-17(23)25-13/h1-5,10H,6-9,11H2,(H,26,31)(H2,23,24,25). The molecule has 1 fully saturated rings. The molecule has 3 N–H and O–H groups in total. The second-order valence-corrected chi connectivity index (χ2v) is 7.60. The highest BCUT2D eigenvalue weighted by Gasteiger charge is 2.31. The van der Waals surface area contributed by atoms with Crippen molar-refractivity contribution < 1.29 is 27.4 Å². The molecule has 34 heavy (non-hydrogen) atoms. The molecule has 0 spiro atoms. The summed E-state index contributed by atoms with van der Waals surface area (Å²) >= 11 is 1.00. The number of hydrogen-bond donors (Lipinski definition) is 2. The summed E-state index contributed by atoms with van der Waals surface area (Å²) in [5.74, 6) is 0.640. The number of carbonyl (C=O) groups is 1. The van der Waals surface area contributed by atoms with E-state index in [2.05, 4.69) is 28.8 Å². The number of nitrogens with one attached hydrogen (secondary N) is 1. The first kappa shape index (κ1) is 23.3. The number of piperazine rings is 1. The molecule has 3 aromatic rings. The molecule has 4 rings (SSSR count). The number of hydrogen-bond acceptors (Lipinski definition) is 10. The maximum absolute atomic E-state index is 12.6. The Bertz CT molecular complexity index is 1140. The second kappa shape index (κ2) is 9.94. The van der Waals surface area contributed by atoms with E-state index < -0.39 is 18.1 Å². The van der Waals surface area contributed by atoms with Crippen molar-refractivity contribution in [3.8, 4) is 11.6 Å². The minimum Gasteiger partial charge on any atom is -0.468 e. The number of anilines is 3. The van der Waals surface area contributed by atoms with Gasteiger partial charge in [-0.15, -0.1) is 17.5 Å². The number of nitrogens with two attached hydrogens (primary N) is 1. The van der Waals surface area contributed by atoms with Crippen molar-refractivity contribution in [1.29, 1.82) is 0 Å². The number of urea groups is 1. The Morgan fingerprint density at radius 2 is 1.97 bits per heavy atom. The SMILES string of the molecule is Nc1nccc(COc2nsnc2N2CCN(C(=O)Nc3cccc(OC(F)(F)F)c3)CC2)n1. The Hall–Kier alpha value is -3.88. The first-order valence-corrected chi connectivity index (χ1v) is 10.7. The lowest BCUT2D eigenvalue weighted by molar-refractivity contribution is -0.274. The summed E-state index contributed by atoms with van der Waals surface area (Å²) in [7, 11) is 0. The average molecular weight is 496 g/mol. The first-order chi connectivity index (χ1) is 16.3. The zero-order chi connectivity index (χ0) is 24.1. The van der Waals surface area contributed by atoms with Gasteiger partial charge in [0, 0.05) is 44.1 Å². The monoisotopic (exact) mass is 496 g/mol. The molecule has 1 saturated heterocycles. The molecular formula is C19H19F3N8O3S. The summed E-state index contributed by atoms with van der Waals surface area (Å²) in [5.41, 5.74) is 6.36. The van der Waals surface area contributed by atoms with E-state index in [1.807, 2.05) is 4.90 Å². The molecule has 0 radical (unpaired) electrons. The van der Waals surface area contributed by atoms with Gasteiger partial charge in [0.05, 0.1) is 17.4 Å². The largest absolute Gasteiger partial charge is 0.573 e. The fourth-order valence-corrected chi connectivity index (χ4v) is 3.71. The molecular weight excluding hydrogens is 477 g/mol. The van der Waals surface area contributed by atoms with Gasteiger partial charge in [-0.05, 0) is 18.2 Å². The van der Waals surface area contributed by atoms with Gasteiger partial charge in [-0.2, -0.15) is 4.37 Å². The predicted octanol–water partition coefficient (Wildman–Crippen LogP) is 2.74. The first-order valence-electron chi connectivity index (χ1n) is 9.96. The number of carbonyl (C=O) groups excluding carboxylic acids is 1. The lowest BCUT2D eigenvalue weighted by Gasteiger charge is -2.34. The van der Waals surface area contributed by atoms with Gasteiger partial charge < -0.3 is 30.3 Å². The van der Waals surface area contributed by atoms with Crippen LogP contribution in [0.15, 0.2) is 36.5 Å². The Balaban J connectivity index is 1.30. The van der Waals surface area contributed by atoms with Crippen LogP contribution in [0.4, 0.5) is 35.4 Å². The highest BCUT2D eigenvalue weighted by atomic mass is 32.1. The number of aromatic nitrogens is 4. The fraction of sp³-hybridized carbons (Fsp3) is 0.316. The Morgan fingerprint density at radius 3 is 2.71 bits per heavy atom. The normalized spacial score (nSPS) is 14.1. The van der Waals surface area contributed by atoms with E-state index in [0.717, 1.165) is 23.9 Å².